The number of fused-ring (bicyclic) bond motifs is 5. The number of rotatable bonds is 8. The molecule has 0 radical (unpaired) electrons. The number of hydrogen-bond donors (Lipinski definition) is 1. The smallest absolute Gasteiger partial charge is 0.304 e. The summed E-state index contributed by atoms with van der Waals surface area (Å²) in [6.45, 7) is 3.08. The van der Waals surface area contributed by atoms with E-state index in [-0.39, 0.29) is 43.8 Å². The van der Waals surface area contributed by atoms with E-state index in [1.807, 2.05) is 43.3 Å². The number of amides is 2. The number of aryl methyl sites for hydroxylation is 1. The Labute approximate surface area is 316 Å². The molecule has 1 N–H and O–H groups in total. The van der Waals surface area contributed by atoms with Crippen LogP contribution in [0.1, 0.15) is 82.0 Å². The van der Waals surface area contributed by atoms with E-state index in [9.17, 15) is 18.0 Å². The van der Waals surface area contributed by atoms with Crippen LogP contribution in [0.2, 0.25) is 0 Å². The van der Waals surface area contributed by atoms with Gasteiger partial charge >= 0.3 is 10.2 Å². The highest BCUT2D eigenvalue weighted by Crippen LogP contribution is 2.48. The molecule has 286 valence electrons. The van der Waals surface area contributed by atoms with Crippen LogP contribution < -0.4 is 9.46 Å². The number of allylic oxidation sites excluding steroid dienone is 1. The Bertz CT molecular complexity index is 2250. The topological polar surface area (TPSA) is 131 Å². The normalized spacial score (nSPS) is 19.9. The zero-order chi connectivity index (χ0) is 37.7. The van der Waals surface area contributed by atoms with Gasteiger partial charge in [0.25, 0.3) is 11.8 Å². The number of likely N-dealkylation sites (N-methyl/N-ethyl adjacent to an activating group) is 2. The van der Waals surface area contributed by atoms with E-state index >= 15 is 0 Å². The summed E-state index contributed by atoms with van der Waals surface area (Å²) in [5.74, 6) is 0.269. The Morgan fingerprint density at radius 3 is 2.48 bits per heavy atom. The molecule has 54 heavy (non-hydrogen) atoms. The molecule has 1 unspecified atom stereocenters. The minimum atomic E-state index is -4.06. The molecular weight excluding hydrogens is 707 g/mol. The second-order valence-electron chi connectivity index (χ2n) is 15.1. The van der Waals surface area contributed by atoms with Crippen LogP contribution in [0.3, 0.4) is 0 Å². The van der Waals surface area contributed by atoms with Crippen molar-refractivity contribution >= 4 is 44.6 Å². The van der Waals surface area contributed by atoms with E-state index in [4.69, 9.17) is 9.47 Å². The fraction of sp³-hybridized carbons (Fsp3) is 0.475. The van der Waals surface area contributed by atoms with E-state index in [1.165, 1.54) is 16.3 Å². The second kappa shape index (κ2) is 14.6. The first-order valence-corrected chi connectivity index (χ1v) is 20.4. The van der Waals surface area contributed by atoms with Crippen molar-refractivity contribution in [3.63, 3.8) is 0 Å². The molecule has 2 saturated heterocycles. The Morgan fingerprint density at radius 2 is 1.76 bits per heavy atom. The molecule has 5 heterocycles. The maximum absolute atomic E-state index is 14.3. The lowest BCUT2D eigenvalue weighted by Gasteiger charge is -2.25. The van der Waals surface area contributed by atoms with Gasteiger partial charge < -0.3 is 23.8 Å². The molecule has 4 aliphatic rings. The molecule has 1 saturated carbocycles. The summed E-state index contributed by atoms with van der Waals surface area (Å²) < 4.78 is 45.1. The molecule has 1 atom stereocenters. The quantitative estimate of drug-likeness (QED) is 0.273. The minimum absolute atomic E-state index is 0.0738. The molecule has 3 fully saturated rings. The first-order valence-electron chi connectivity index (χ1n) is 19.0. The average Bonchev–Trinajstić information content (AvgIpc) is 3.85. The number of carbonyl (C=O) groups is 2. The summed E-state index contributed by atoms with van der Waals surface area (Å²) in [5, 5.41) is 5.67. The van der Waals surface area contributed by atoms with Crippen molar-refractivity contribution in [1.29, 1.82) is 0 Å². The first kappa shape index (κ1) is 36.5. The largest absolute Gasteiger partial charge is 0.497 e. The molecule has 1 aliphatic carbocycles. The molecule has 3 aliphatic heterocycles. The van der Waals surface area contributed by atoms with Crippen molar-refractivity contribution in [1.82, 2.24) is 33.2 Å². The molecular formula is C40H49N7O6S. The summed E-state index contributed by atoms with van der Waals surface area (Å²) in [6.07, 6.45) is 10.3. The van der Waals surface area contributed by atoms with Gasteiger partial charge in [-0.05, 0) is 91.9 Å². The van der Waals surface area contributed by atoms with Gasteiger partial charge in [0.15, 0.2) is 0 Å². The Morgan fingerprint density at radius 1 is 0.981 bits per heavy atom. The average molecular weight is 756 g/mol. The van der Waals surface area contributed by atoms with E-state index in [1.54, 1.807) is 24.1 Å². The first-order chi connectivity index (χ1) is 26.0. The molecule has 2 amide bonds. The molecule has 8 rings (SSSR count). The lowest BCUT2D eigenvalue weighted by molar-refractivity contribution is 0.0719. The molecule has 4 aromatic rings. The Balaban J connectivity index is 1.28. The number of benzene rings is 2. The number of hydrogen-bond acceptors (Lipinski definition) is 8. The molecule has 14 heteroatoms. The number of aromatic nitrogens is 3. The summed E-state index contributed by atoms with van der Waals surface area (Å²) in [5.41, 5.74) is 7.53. The number of nitrogens with zero attached hydrogens (tertiary/aromatic N) is 6. The van der Waals surface area contributed by atoms with Crippen molar-refractivity contribution in [2.45, 2.75) is 57.0 Å². The second-order valence-corrected chi connectivity index (χ2v) is 16.8. The van der Waals surface area contributed by atoms with Crippen LogP contribution in [0, 0.1) is 0 Å². The van der Waals surface area contributed by atoms with Gasteiger partial charge in [0.1, 0.15) is 5.75 Å². The lowest BCUT2D eigenvalue weighted by atomic mass is 9.81. The number of carbonyl (C=O) groups excluding carboxylic acids is 2. The van der Waals surface area contributed by atoms with Gasteiger partial charge in [-0.25, -0.2) is 4.72 Å². The maximum atomic E-state index is 14.3. The summed E-state index contributed by atoms with van der Waals surface area (Å²) in [6, 6.07) is 11.8. The van der Waals surface area contributed by atoms with Gasteiger partial charge in [-0.2, -0.15) is 17.8 Å². The summed E-state index contributed by atoms with van der Waals surface area (Å²) in [4.78, 5) is 32.1. The number of methoxy groups -OCH3 is 1. The van der Waals surface area contributed by atoms with E-state index in [0.29, 0.717) is 18.0 Å². The highest BCUT2D eigenvalue weighted by molar-refractivity contribution is 7.87. The predicted molar refractivity (Wildman–Crippen MR) is 208 cm³/mol. The SMILES string of the molecule is COc1ccc2c(c1)C=C(c1c(C(=O)N(C)C3CCN(C)C3)cnn1C)Cn1c-2c(C2CCCCC2)c2ccc(C(=O)NS(=O)(=O)N3CCOCC3)cc21. The number of nitrogens with one attached hydrogen (secondary N) is 1. The fourth-order valence-electron chi connectivity index (χ4n) is 8.91. The van der Waals surface area contributed by atoms with Crippen molar-refractivity contribution in [3.05, 3.63) is 70.5 Å². The third kappa shape index (κ3) is 6.63. The highest BCUT2D eigenvalue weighted by atomic mass is 32.2. The Kier molecular flexibility index (Phi) is 9.88. The molecule has 0 bridgehead atoms. The van der Waals surface area contributed by atoms with Gasteiger partial charge in [0.2, 0.25) is 0 Å². The van der Waals surface area contributed by atoms with Crippen LogP contribution in [0.5, 0.6) is 5.75 Å². The van der Waals surface area contributed by atoms with Gasteiger partial charge in [0, 0.05) is 61.8 Å². The predicted octanol–water partition coefficient (Wildman–Crippen LogP) is 4.74. The Hall–Kier alpha value is -4.50. The van der Waals surface area contributed by atoms with Gasteiger partial charge in [-0.1, -0.05) is 25.3 Å². The standard InChI is InChI=1S/C40H49N7O6S/c1-43-15-14-30(25-43)44(2)40(49)34-23-41-45(3)37(34)29-20-28-21-31(52-4)11-13-32(28)38-36(26-8-6-5-7-9-26)33-12-10-27(22-35(33)47(38)24-29)39(48)42-54(50,51)46-16-18-53-19-17-46/h10-13,20-23,26,30H,5-9,14-19,24-25H2,1-4H3,(H,42,48). The van der Waals surface area contributed by atoms with E-state index < -0.39 is 16.1 Å². The van der Waals surface area contributed by atoms with E-state index in [0.717, 1.165) is 89.9 Å². The highest BCUT2D eigenvalue weighted by Gasteiger charge is 2.34. The number of morpholine rings is 1. The molecule has 2 aromatic heterocycles. The van der Waals surface area contributed by atoms with Crippen molar-refractivity contribution in [2.75, 3.05) is 60.6 Å². The molecule has 0 spiro atoms. The van der Waals surface area contributed by atoms with Crippen LogP contribution >= 0.6 is 0 Å². The monoisotopic (exact) mass is 755 g/mol. The van der Waals surface area contributed by atoms with Crippen molar-refractivity contribution < 1.29 is 27.5 Å². The van der Waals surface area contributed by atoms with Gasteiger partial charge in [0.05, 0.1) is 50.0 Å². The number of ether oxygens (including phenoxy) is 2. The third-order valence-corrected chi connectivity index (χ3v) is 13.3. The maximum Gasteiger partial charge on any atom is 0.304 e. The van der Waals surface area contributed by atoms with Crippen LogP contribution in [0.25, 0.3) is 33.8 Å². The minimum Gasteiger partial charge on any atom is -0.497 e. The fourth-order valence-corrected chi connectivity index (χ4v) is 10.0. The lowest BCUT2D eigenvalue weighted by Crippen LogP contribution is -2.48. The zero-order valence-electron chi connectivity index (χ0n) is 31.5. The molecule has 2 aromatic carbocycles. The summed E-state index contributed by atoms with van der Waals surface area (Å²) in [7, 11) is 3.43. The van der Waals surface area contributed by atoms with Crippen molar-refractivity contribution in [3.8, 4) is 17.0 Å². The van der Waals surface area contributed by atoms with Crippen LogP contribution in [-0.4, -0.2) is 115 Å². The van der Waals surface area contributed by atoms with Crippen LogP contribution in [-0.2, 0) is 28.5 Å². The summed E-state index contributed by atoms with van der Waals surface area (Å²) >= 11 is 0. The zero-order valence-corrected chi connectivity index (χ0v) is 32.3. The van der Waals surface area contributed by atoms with Crippen LogP contribution in [0.15, 0.2) is 42.6 Å². The number of likely N-dealkylation sites (tertiary alicyclic amines) is 1. The third-order valence-electron chi connectivity index (χ3n) is 11.8. The van der Waals surface area contributed by atoms with Gasteiger partial charge in [-0.15, -0.1) is 0 Å². The van der Waals surface area contributed by atoms with Crippen molar-refractivity contribution in [2.24, 2.45) is 7.05 Å². The van der Waals surface area contributed by atoms with E-state index in [2.05, 4.69) is 38.5 Å². The molecule has 13 nitrogen and oxygen atoms in total. The van der Waals surface area contributed by atoms with Crippen LogP contribution in [0.4, 0.5) is 0 Å². The van der Waals surface area contributed by atoms with Gasteiger partial charge in [-0.3, -0.25) is 14.3 Å².